The molecule has 0 saturated heterocycles. The lowest BCUT2D eigenvalue weighted by Crippen LogP contribution is -2.45. The Morgan fingerprint density at radius 2 is 1.51 bits per heavy atom. The number of hydrogen-bond donors (Lipinski definition) is 3. The van der Waals surface area contributed by atoms with E-state index >= 15 is 0 Å². The molecule has 0 fully saturated rings. The highest BCUT2D eigenvalue weighted by Gasteiger charge is 2.29. The molecule has 3 atom stereocenters. The van der Waals surface area contributed by atoms with Crippen molar-refractivity contribution in [3.05, 3.63) is 71.3 Å². The van der Waals surface area contributed by atoms with E-state index in [-0.39, 0.29) is 19.6 Å². The Labute approximate surface area is 205 Å². The number of esters is 2. The second kappa shape index (κ2) is 12.9. The molecule has 0 heterocycles. The van der Waals surface area contributed by atoms with Crippen LogP contribution in [-0.4, -0.2) is 52.6 Å². The van der Waals surface area contributed by atoms with Gasteiger partial charge in [0, 0.05) is 6.42 Å². The molecule has 9 nitrogen and oxygen atoms in total. The van der Waals surface area contributed by atoms with Gasteiger partial charge in [0.25, 0.3) is 0 Å². The Morgan fingerprint density at radius 1 is 0.886 bits per heavy atom. The highest BCUT2D eigenvalue weighted by atomic mass is 16.6. The lowest BCUT2D eigenvalue weighted by molar-refractivity contribution is -0.159. The van der Waals surface area contributed by atoms with Crippen LogP contribution >= 0.6 is 0 Å². The zero-order valence-electron chi connectivity index (χ0n) is 20.4. The molecule has 9 heteroatoms. The van der Waals surface area contributed by atoms with E-state index in [0.29, 0.717) is 11.1 Å². The van der Waals surface area contributed by atoms with E-state index in [0.717, 1.165) is 5.56 Å². The number of nitrogens with one attached hydrogen (secondary N) is 1. The van der Waals surface area contributed by atoms with Gasteiger partial charge in [0.1, 0.15) is 24.4 Å². The summed E-state index contributed by atoms with van der Waals surface area (Å²) in [5, 5.41) is 22.8. The molecule has 2 rings (SSSR count). The molecule has 0 aliphatic rings. The summed E-state index contributed by atoms with van der Waals surface area (Å²) in [5.41, 5.74) is 0.974. The van der Waals surface area contributed by atoms with E-state index in [1.165, 1.54) is 12.1 Å². The fourth-order valence-corrected chi connectivity index (χ4v) is 3.10. The standard InChI is InChI=1S/C26H33NO8/c1-5-33-24(31)22(29)21(28)19-13-11-17(12-14-19)15-20(23(30)35-26(2,3)4)27-25(32)34-16-18-9-7-6-8-10-18/h6-14,20-22,28-29H,5,15-16H2,1-4H3,(H,27,32)/t20-,21?,22?/m0/s1. The van der Waals surface area contributed by atoms with Gasteiger partial charge in [-0.2, -0.15) is 0 Å². The van der Waals surface area contributed by atoms with Crippen molar-refractivity contribution in [3.8, 4) is 0 Å². The minimum atomic E-state index is -1.73. The summed E-state index contributed by atoms with van der Waals surface area (Å²) in [6, 6.07) is 14.4. The summed E-state index contributed by atoms with van der Waals surface area (Å²) in [7, 11) is 0. The molecule has 35 heavy (non-hydrogen) atoms. The third-order valence-corrected chi connectivity index (χ3v) is 4.78. The second-order valence-corrected chi connectivity index (χ2v) is 8.88. The van der Waals surface area contributed by atoms with Crippen molar-refractivity contribution in [2.75, 3.05) is 6.61 Å². The first-order valence-electron chi connectivity index (χ1n) is 11.3. The first kappa shape index (κ1) is 27.8. The van der Waals surface area contributed by atoms with Gasteiger partial charge in [-0.05, 0) is 44.4 Å². The Bertz CT molecular complexity index is 969. The number of hydrogen-bond acceptors (Lipinski definition) is 8. The number of carbonyl (C=O) groups excluding carboxylic acids is 3. The quantitative estimate of drug-likeness (QED) is 0.344. The number of amides is 1. The van der Waals surface area contributed by atoms with E-state index < -0.39 is 41.9 Å². The molecular weight excluding hydrogens is 454 g/mol. The molecule has 2 aromatic carbocycles. The van der Waals surface area contributed by atoms with Gasteiger partial charge in [-0.3, -0.25) is 0 Å². The van der Waals surface area contributed by atoms with E-state index in [1.54, 1.807) is 39.8 Å². The van der Waals surface area contributed by atoms with Crippen LogP contribution in [0.1, 0.15) is 50.5 Å². The van der Waals surface area contributed by atoms with Crippen LogP contribution in [0.4, 0.5) is 4.79 Å². The normalized spacial score (nSPS) is 13.8. The molecule has 1 amide bonds. The third-order valence-electron chi connectivity index (χ3n) is 4.78. The molecule has 0 bridgehead atoms. The van der Waals surface area contributed by atoms with E-state index in [4.69, 9.17) is 14.2 Å². The zero-order chi connectivity index (χ0) is 26.0. The molecule has 2 aromatic rings. The summed E-state index contributed by atoms with van der Waals surface area (Å²) in [6.07, 6.45) is -3.88. The van der Waals surface area contributed by atoms with Crippen molar-refractivity contribution < 1.29 is 38.8 Å². The number of aliphatic hydroxyl groups is 2. The second-order valence-electron chi connectivity index (χ2n) is 8.88. The SMILES string of the molecule is CCOC(=O)C(O)C(O)c1ccc(C[C@H](NC(=O)OCc2ccccc2)C(=O)OC(C)(C)C)cc1. The van der Waals surface area contributed by atoms with Crippen LogP contribution in [0.25, 0.3) is 0 Å². The number of ether oxygens (including phenoxy) is 3. The van der Waals surface area contributed by atoms with Crippen LogP contribution in [-0.2, 0) is 36.8 Å². The Morgan fingerprint density at radius 3 is 2.09 bits per heavy atom. The highest BCUT2D eigenvalue weighted by Crippen LogP contribution is 2.20. The number of aliphatic hydroxyl groups excluding tert-OH is 2. The summed E-state index contributed by atoms with van der Waals surface area (Å²) in [5.74, 6) is -1.55. The van der Waals surface area contributed by atoms with Crippen LogP contribution < -0.4 is 5.32 Å². The van der Waals surface area contributed by atoms with E-state index in [2.05, 4.69) is 5.32 Å². The lowest BCUT2D eigenvalue weighted by atomic mass is 9.99. The summed E-state index contributed by atoms with van der Waals surface area (Å²) >= 11 is 0. The van der Waals surface area contributed by atoms with Gasteiger partial charge >= 0.3 is 18.0 Å². The molecule has 0 saturated carbocycles. The minimum Gasteiger partial charge on any atom is -0.464 e. The predicted molar refractivity (Wildman–Crippen MR) is 127 cm³/mol. The molecule has 0 aliphatic heterocycles. The topological polar surface area (TPSA) is 131 Å². The van der Waals surface area contributed by atoms with Gasteiger partial charge in [-0.15, -0.1) is 0 Å². The van der Waals surface area contributed by atoms with Crippen LogP contribution in [0.2, 0.25) is 0 Å². The Hall–Kier alpha value is -3.43. The highest BCUT2D eigenvalue weighted by molar-refractivity contribution is 5.82. The maximum Gasteiger partial charge on any atom is 0.408 e. The molecule has 0 radical (unpaired) electrons. The van der Waals surface area contributed by atoms with Crippen LogP contribution in [0.5, 0.6) is 0 Å². The lowest BCUT2D eigenvalue weighted by Gasteiger charge is -2.24. The van der Waals surface area contributed by atoms with Crippen molar-refractivity contribution in [1.29, 1.82) is 0 Å². The number of benzene rings is 2. The maximum absolute atomic E-state index is 12.8. The predicted octanol–water partition coefficient (Wildman–Crippen LogP) is 2.82. The zero-order valence-corrected chi connectivity index (χ0v) is 20.4. The Balaban J connectivity index is 2.08. The van der Waals surface area contributed by atoms with Crippen molar-refractivity contribution in [3.63, 3.8) is 0 Å². The first-order valence-corrected chi connectivity index (χ1v) is 11.3. The van der Waals surface area contributed by atoms with Crippen molar-refractivity contribution in [2.24, 2.45) is 0 Å². The first-order chi connectivity index (χ1) is 16.5. The summed E-state index contributed by atoms with van der Waals surface area (Å²) in [4.78, 5) is 36.8. The van der Waals surface area contributed by atoms with Gasteiger partial charge < -0.3 is 29.7 Å². The van der Waals surface area contributed by atoms with Crippen molar-refractivity contribution >= 4 is 18.0 Å². The largest absolute Gasteiger partial charge is 0.464 e. The van der Waals surface area contributed by atoms with Crippen LogP contribution in [0, 0.1) is 0 Å². The average molecular weight is 488 g/mol. The van der Waals surface area contributed by atoms with Crippen LogP contribution in [0.15, 0.2) is 54.6 Å². The van der Waals surface area contributed by atoms with E-state index in [1.807, 2.05) is 30.3 Å². The molecule has 3 N–H and O–H groups in total. The fraction of sp³-hybridized carbons (Fsp3) is 0.423. The van der Waals surface area contributed by atoms with Gasteiger partial charge in [0.2, 0.25) is 0 Å². The molecule has 2 unspecified atom stereocenters. The molecule has 190 valence electrons. The smallest absolute Gasteiger partial charge is 0.408 e. The monoisotopic (exact) mass is 487 g/mol. The van der Waals surface area contributed by atoms with Gasteiger partial charge in [-0.1, -0.05) is 54.6 Å². The summed E-state index contributed by atoms with van der Waals surface area (Å²) < 4.78 is 15.4. The molecule has 0 aliphatic carbocycles. The van der Waals surface area contributed by atoms with Gasteiger partial charge in [-0.25, -0.2) is 14.4 Å². The van der Waals surface area contributed by atoms with Crippen molar-refractivity contribution in [1.82, 2.24) is 5.32 Å². The maximum atomic E-state index is 12.8. The molecule has 0 aromatic heterocycles. The fourth-order valence-electron chi connectivity index (χ4n) is 3.10. The Kier molecular flexibility index (Phi) is 10.2. The average Bonchev–Trinajstić information content (AvgIpc) is 2.81. The third kappa shape index (κ3) is 9.38. The van der Waals surface area contributed by atoms with Gasteiger partial charge in [0.05, 0.1) is 6.61 Å². The van der Waals surface area contributed by atoms with Crippen molar-refractivity contribution in [2.45, 2.75) is 64.6 Å². The number of alkyl carbamates (subject to hydrolysis) is 1. The van der Waals surface area contributed by atoms with Gasteiger partial charge in [0.15, 0.2) is 6.10 Å². The minimum absolute atomic E-state index is 0.0447. The molecular formula is C26H33NO8. The molecule has 0 spiro atoms. The van der Waals surface area contributed by atoms with E-state index in [9.17, 15) is 24.6 Å². The number of rotatable bonds is 10. The van der Waals surface area contributed by atoms with Crippen LogP contribution in [0.3, 0.4) is 0 Å². The summed E-state index contributed by atoms with van der Waals surface area (Å²) in [6.45, 7) is 6.89. The number of carbonyl (C=O) groups is 3.